The van der Waals surface area contributed by atoms with Crippen LogP contribution in [0.4, 0.5) is 5.69 Å². The molecule has 0 amide bonds. The first-order chi connectivity index (χ1) is 20.4. The summed E-state index contributed by atoms with van der Waals surface area (Å²) in [6.07, 6.45) is 0. The predicted molar refractivity (Wildman–Crippen MR) is 178 cm³/mol. The molecule has 0 spiro atoms. The highest BCUT2D eigenvalue weighted by Gasteiger charge is 2.27. The molecule has 0 radical (unpaired) electrons. The molecule has 210 valence electrons. The molecular weight excluding hydrogens is 510 g/mol. The predicted octanol–water partition coefficient (Wildman–Crippen LogP) is 10.4. The summed E-state index contributed by atoms with van der Waals surface area (Å²) < 4.78 is 2.30. The average molecular weight is 550 g/mol. The summed E-state index contributed by atoms with van der Waals surface area (Å²) in [5.41, 5.74) is 9.47. The summed E-state index contributed by atoms with van der Waals surface area (Å²) in [6.45, 7) is 9.09. The summed E-state index contributed by atoms with van der Waals surface area (Å²) in [5.74, 6) is 1.75. The lowest BCUT2D eigenvalue weighted by molar-refractivity contribution is 0.743. The third-order valence-electron chi connectivity index (χ3n) is 8.27. The van der Waals surface area contributed by atoms with Crippen LogP contribution in [0.1, 0.15) is 68.1 Å². The Hall–Kier alpha value is -4.63. The van der Waals surface area contributed by atoms with E-state index in [-0.39, 0.29) is 6.04 Å². The average Bonchev–Trinajstić information content (AvgIpc) is 3.36. The number of hydrogen-bond acceptors (Lipinski definition) is 2. The molecule has 1 N–H and O–H groups in total. The highest BCUT2D eigenvalue weighted by molar-refractivity contribution is 5.99. The van der Waals surface area contributed by atoms with Gasteiger partial charge in [0.15, 0.2) is 0 Å². The zero-order valence-corrected chi connectivity index (χ0v) is 25.2. The lowest BCUT2D eigenvalue weighted by Gasteiger charge is -2.27. The molecule has 0 bridgehead atoms. The molecule has 0 saturated heterocycles. The van der Waals surface area contributed by atoms with Gasteiger partial charge in [-0.3, -0.25) is 0 Å². The second-order valence-electron chi connectivity index (χ2n) is 11.7. The van der Waals surface area contributed by atoms with Crippen molar-refractivity contribution in [2.75, 3.05) is 5.32 Å². The second kappa shape index (κ2) is 11.7. The van der Waals surface area contributed by atoms with Gasteiger partial charge in [-0.2, -0.15) is 0 Å². The number of rotatable bonds is 8. The number of aromatic nitrogens is 2. The Bertz CT molecular complexity index is 1780. The van der Waals surface area contributed by atoms with Crippen molar-refractivity contribution in [2.45, 2.75) is 45.6 Å². The van der Waals surface area contributed by atoms with Gasteiger partial charge in [0, 0.05) is 23.9 Å². The summed E-state index contributed by atoms with van der Waals surface area (Å²) in [7, 11) is 2.16. The van der Waals surface area contributed by atoms with Gasteiger partial charge in [0.25, 0.3) is 0 Å². The lowest BCUT2D eigenvalue weighted by atomic mass is 9.91. The largest absolute Gasteiger partial charge is 0.371 e. The molecule has 3 nitrogen and oxygen atoms in total. The van der Waals surface area contributed by atoms with E-state index in [0.29, 0.717) is 11.8 Å². The van der Waals surface area contributed by atoms with Crippen molar-refractivity contribution in [2.24, 2.45) is 7.05 Å². The van der Waals surface area contributed by atoms with Crippen molar-refractivity contribution in [1.82, 2.24) is 9.55 Å². The monoisotopic (exact) mass is 549 g/mol. The number of fused-ring (bicyclic) bond motifs is 1. The molecule has 6 aromatic rings. The van der Waals surface area contributed by atoms with Crippen molar-refractivity contribution in [1.29, 1.82) is 0 Å². The van der Waals surface area contributed by atoms with Gasteiger partial charge in [0.05, 0.1) is 11.4 Å². The lowest BCUT2D eigenvalue weighted by Crippen LogP contribution is -2.19. The molecule has 0 aliphatic heterocycles. The fourth-order valence-corrected chi connectivity index (χ4v) is 6.12. The van der Waals surface area contributed by atoms with Crippen LogP contribution in [-0.2, 0) is 7.05 Å². The van der Waals surface area contributed by atoms with Gasteiger partial charge < -0.3 is 9.88 Å². The fraction of sp³-hybridized carbons (Fsp3) is 0.205. The number of imidazole rings is 1. The topological polar surface area (TPSA) is 29.9 Å². The Morgan fingerprint density at radius 1 is 0.619 bits per heavy atom. The van der Waals surface area contributed by atoms with Crippen LogP contribution in [0.3, 0.4) is 0 Å². The number of nitrogens with zero attached hydrogens (tertiary/aromatic N) is 2. The minimum Gasteiger partial charge on any atom is -0.371 e. The van der Waals surface area contributed by atoms with Gasteiger partial charge in [0.1, 0.15) is 11.9 Å². The Labute approximate surface area is 249 Å². The van der Waals surface area contributed by atoms with Crippen LogP contribution in [0.25, 0.3) is 33.3 Å². The summed E-state index contributed by atoms with van der Waals surface area (Å²) >= 11 is 0. The number of hydrogen-bond donors (Lipinski definition) is 1. The van der Waals surface area contributed by atoms with Gasteiger partial charge in [-0.15, -0.1) is 0 Å². The Morgan fingerprint density at radius 2 is 1.19 bits per heavy atom. The highest BCUT2D eigenvalue weighted by Crippen LogP contribution is 2.41. The van der Waals surface area contributed by atoms with Crippen LogP contribution in [0.2, 0.25) is 0 Å². The zero-order valence-electron chi connectivity index (χ0n) is 25.2. The first-order valence-electron chi connectivity index (χ1n) is 15.0. The standard InChI is InChI=1S/C39H39N3/c1-26(2)31-23-15-24-32(27(3)4)36(31)40-35(29-17-8-6-9-18-29)39-41-37(38(42(39)5)30-19-10-7-11-20-30)34-25-14-21-28-16-12-13-22-33(28)34/h6-27,35,40H,1-5H3. The maximum Gasteiger partial charge on any atom is 0.136 e. The van der Waals surface area contributed by atoms with Crippen LogP contribution in [-0.4, -0.2) is 9.55 Å². The molecule has 1 heterocycles. The molecule has 0 aliphatic carbocycles. The van der Waals surface area contributed by atoms with Crippen molar-refractivity contribution < 1.29 is 0 Å². The van der Waals surface area contributed by atoms with Crippen LogP contribution >= 0.6 is 0 Å². The molecular formula is C39H39N3. The smallest absolute Gasteiger partial charge is 0.136 e. The third kappa shape index (κ3) is 5.12. The Kier molecular flexibility index (Phi) is 7.67. The van der Waals surface area contributed by atoms with E-state index in [1.54, 1.807) is 0 Å². The molecule has 5 aromatic carbocycles. The van der Waals surface area contributed by atoms with E-state index < -0.39 is 0 Å². The molecule has 0 fully saturated rings. The van der Waals surface area contributed by atoms with Crippen LogP contribution in [0.5, 0.6) is 0 Å². The van der Waals surface area contributed by atoms with E-state index >= 15 is 0 Å². The number of para-hydroxylation sites is 1. The molecule has 42 heavy (non-hydrogen) atoms. The van der Waals surface area contributed by atoms with E-state index in [1.807, 2.05) is 0 Å². The summed E-state index contributed by atoms with van der Waals surface area (Å²) in [6, 6.07) is 43.1. The maximum atomic E-state index is 5.53. The number of benzene rings is 5. The van der Waals surface area contributed by atoms with Gasteiger partial charge in [-0.1, -0.05) is 149 Å². The van der Waals surface area contributed by atoms with Crippen molar-refractivity contribution in [3.63, 3.8) is 0 Å². The SMILES string of the molecule is CC(C)c1cccc(C(C)C)c1NC(c1ccccc1)c1nc(-c2cccc3ccccc23)c(-c2ccccc2)n1C. The zero-order chi connectivity index (χ0) is 29.2. The molecule has 6 rings (SSSR count). The van der Waals surface area contributed by atoms with Crippen LogP contribution in [0, 0.1) is 0 Å². The van der Waals surface area contributed by atoms with Gasteiger partial charge in [-0.05, 0) is 39.3 Å². The van der Waals surface area contributed by atoms with E-state index in [1.165, 1.54) is 33.2 Å². The molecule has 0 aliphatic rings. The van der Waals surface area contributed by atoms with Crippen LogP contribution in [0.15, 0.2) is 121 Å². The normalized spacial score (nSPS) is 12.3. The second-order valence-corrected chi connectivity index (χ2v) is 11.7. The minimum atomic E-state index is -0.153. The first-order valence-corrected chi connectivity index (χ1v) is 15.0. The molecule has 1 unspecified atom stereocenters. The maximum absolute atomic E-state index is 5.53. The van der Waals surface area contributed by atoms with Gasteiger partial charge >= 0.3 is 0 Å². The minimum absolute atomic E-state index is 0.153. The summed E-state index contributed by atoms with van der Waals surface area (Å²) in [4.78, 5) is 5.53. The molecule has 0 saturated carbocycles. The molecule has 1 atom stereocenters. The number of nitrogens with one attached hydrogen (secondary N) is 1. The van der Waals surface area contributed by atoms with Crippen molar-refractivity contribution in [3.8, 4) is 22.5 Å². The van der Waals surface area contributed by atoms with Crippen LogP contribution < -0.4 is 5.32 Å². The van der Waals surface area contributed by atoms with E-state index in [9.17, 15) is 0 Å². The Morgan fingerprint density at radius 3 is 1.86 bits per heavy atom. The quantitative estimate of drug-likeness (QED) is 0.205. The van der Waals surface area contributed by atoms with Gasteiger partial charge in [-0.25, -0.2) is 4.98 Å². The first kappa shape index (κ1) is 27.5. The summed E-state index contributed by atoms with van der Waals surface area (Å²) in [5, 5.41) is 6.47. The molecule has 1 aromatic heterocycles. The van der Waals surface area contributed by atoms with E-state index in [0.717, 1.165) is 28.3 Å². The van der Waals surface area contributed by atoms with E-state index in [4.69, 9.17) is 4.98 Å². The molecule has 3 heteroatoms. The van der Waals surface area contributed by atoms with E-state index in [2.05, 4.69) is 166 Å². The Balaban J connectivity index is 1.62. The highest BCUT2D eigenvalue weighted by atomic mass is 15.1. The fourth-order valence-electron chi connectivity index (χ4n) is 6.12. The van der Waals surface area contributed by atoms with Crippen molar-refractivity contribution in [3.05, 3.63) is 144 Å². The van der Waals surface area contributed by atoms with Gasteiger partial charge in [0.2, 0.25) is 0 Å². The number of anilines is 1. The third-order valence-corrected chi connectivity index (χ3v) is 8.27. The van der Waals surface area contributed by atoms with Crippen molar-refractivity contribution >= 4 is 16.5 Å².